The number of anilines is 1. The Balaban J connectivity index is 1.34. The molecule has 4 heterocycles. The van der Waals surface area contributed by atoms with Crippen LogP contribution in [0.2, 0.25) is 0 Å². The van der Waals surface area contributed by atoms with Gasteiger partial charge in [-0.15, -0.1) is 0 Å². The van der Waals surface area contributed by atoms with E-state index in [1.54, 1.807) is 12.5 Å². The highest BCUT2D eigenvalue weighted by molar-refractivity contribution is 5.86. The van der Waals surface area contributed by atoms with Gasteiger partial charge < -0.3 is 14.5 Å². The molecule has 0 N–H and O–H groups in total. The Hall–Kier alpha value is -2.44. The molecule has 7 nitrogen and oxygen atoms in total. The maximum absolute atomic E-state index is 12.1. The second kappa shape index (κ2) is 7.05. The van der Waals surface area contributed by atoms with E-state index < -0.39 is 0 Å². The van der Waals surface area contributed by atoms with E-state index in [9.17, 15) is 4.79 Å². The van der Waals surface area contributed by atoms with Crippen LogP contribution in [0.15, 0.2) is 24.7 Å². The summed E-state index contributed by atoms with van der Waals surface area (Å²) in [5, 5.41) is 1.00. The van der Waals surface area contributed by atoms with Crippen molar-refractivity contribution in [1.29, 1.82) is 0 Å². The molecular weight excluding hydrogens is 330 g/mol. The van der Waals surface area contributed by atoms with Crippen LogP contribution >= 0.6 is 0 Å². The van der Waals surface area contributed by atoms with Gasteiger partial charge in [-0.25, -0.2) is 19.7 Å². The lowest BCUT2D eigenvalue weighted by atomic mass is 9.72. The third-order valence-electron chi connectivity index (χ3n) is 5.55. The molecule has 2 aliphatic heterocycles. The van der Waals surface area contributed by atoms with Gasteiger partial charge in [0, 0.05) is 37.8 Å². The summed E-state index contributed by atoms with van der Waals surface area (Å²) in [7, 11) is 0. The number of fused-ring (bicyclic) bond motifs is 1. The number of carbonyl (C=O) groups excluding carboxylic acids is 1. The first kappa shape index (κ1) is 17.0. The minimum atomic E-state index is -0.155. The Morgan fingerprint density at radius 1 is 1.23 bits per heavy atom. The van der Waals surface area contributed by atoms with Crippen LogP contribution < -0.4 is 4.90 Å². The Morgan fingerprint density at radius 2 is 2.04 bits per heavy atom. The zero-order valence-electron chi connectivity index (χ0n) is 15.2. The van der Waals surface area contributed by atoms with Crippen molar-refractivity contribution in [2.24, 2.45) is 5.41 Å². The van der Waals surface area contributed by atoms with Gasteiger partial charge >= 0.3 is 6.09 Å². The molecule has 138 valence electrons. The number of hydrogen-bond donors (Lipinski definition) is 0. The van der Waals surface area contributed by atoms with E-state index in [0.717, 1.165) is 68.7 Å². The van der Waals surface area contributed by atoms with Gasteiger partial charge in [-0.3, -0.25) is 0 Å². The van der Waals surface area contributed by atoms with Crippen LogP contribution in [0, 0.1) is 5.41 Å². The first-order chi connectivity index (χ1) is 12.7. The first-order valence-electron chi connectivity index (χ1n) is 9.43. The van der Waals surface area contributed by atoms with Gasteiger partial charge in [0.2, 0.25) is 0 Å². The summed E-state index contributed by atoms with van der Waals surface area (Å²) < 4.78 is 5.33. The van der Waals surface area contributed by atoms with Crippen molar-refractivity contribution in [3.8, 4) is 0 Å². The Morgan fingerprint density at radius 3 is 2.81 bits per heavy atom. The molecule has 0 aliphatic carbocycles. The topological polar surface area (TPSA) is 71.5 Å². The molecule has 2 aliphatic rings. The molecule has 1 spiro atoms. The summed E-state index contributed by atoms with van der Waals surface area (Å²) in [6, 6.07) is 3.95. The average molecular weight is 355 g/mol. The van der Waals surface area contributed by atoms with Crippen LogP contribution in [-0.4, -0.2) is 58.7 Å². The molecule has 2 saturated heterocycles. The molecular formula is C19H25N5O2. The van der Waals surface area contributed by atoms with Crippen molar-refractivity contribution in [2.75, 3.05) is 37.7 Å². The fourth-order valence-electron chi connectivity index (χ4n) is 3.92. The lowest BCUT2D eigenvalue weighted by molar-refractivity contribution is 0.0524. The van der Waals surface area contributed by atoms with Crippen LogP contribution in [0.4, 0.5) is 10.6 Å². The predicted octanol–water partition coefficient (Wildman–Crippen LogP) is 2.86. The van der Waals surface area contributed by atoms with Crippen LogP contribution in [-0.2, 0) is 4.74 Å². The number of piperidine rings is 1. The van der Waals surface area contributed by atoms with E-state index in [1.165, 1.54) is 0 Å². The molecule has 4 rings (SSSR count). The number of nitrogens with zero attached hydrogens (tertiary/aromatic N) is 5. The number of amides is 1. The minimum Gasteiger partial charge on any atom is -0.449 e. The number of ether oxygens (including phenoxy) is 1. The van der Waals surface area contributed by atoms with Crippen molar-refractivity contribution in [3.05, 3.63) is 24.7 Å². The van der Waals surface area contributed by atoms with Crippen molar-refractivity contribution < 1.29 is 9.53 Å². The average Bonchev–Trinajstić information content (AvgIpc) is 2.66. The molecule has 0 atom stereocenters. The third-order valence-corrected chi connectivity index (χ3v) is 5.55. The van der Waals surface area contributed by atoms with Crippen LogP contribution in [0.5, 0.6) is 0 Å². The Kier molecular flexibility index (Phi) is 4.61. The number of rotatable bonds is 4. The number of aromatic nitrogens is 3. The molecule has 0 saturated carbocycles. The molecule has 1 amide bonds. The molecule has 0 unspecified atom stereocenters. The van der Waals surface area contributed by atoms with Crippen molar-refractivity contribution in [1.82, 2.24) is 19.9 Å². The molecule has 2 fully saturated rings. The van der Waals surface area contributed by atoms with Gasteiger partial charge in [0.1, 0.15) is 12.1 Å². The largest absolute Gasteiger partial charge is 0.449 e. The van der Waals surface area contributed by atoms with Crippen molar-refractivity contribution in [3.63, 3.8) is 0 Å². The number of pyridine rings is 1. The fraction of sp³-hybridized carbons (Fsp3) is 0.579. The molecule has 0 aromatic carbocycles. The summed E-state index contributed by atoms with van der Waals surface area (Å²) in [5.74, 6) is 0.968. The number of unbranched alkanes of at least 4 members (excludes halogenated alkanes) is 1. The summed E-state index contributed by atoms with van der Waals surface area (Å²) in [5.41, 5.74) is 1.03. The van der Waals surface area contributed by atoms with Gasteiger partial charge in [0.15, 0.2) is 5.65 Å². The van der Waals surface area contributed by atoms with Gasteiger partial charge in [0.05, 0.1) is 12.0 Å². The van der Waals surface area contributed by atoms with Crippen LogP contribution in [0.3, 0.4) is 0 Å². The molecule has 0 radical (unpaired) electrons. The maximum atomic E-state index is 12.1. The molecule has 2 aromatic rings. The predicted molar refractivity (Wildman–Crippen MR) is 99.0 cm³/mol. The van der Waals surface area contributed by atoms with Gasteiger partial charge in [-0.05, 0) is 31.4 Å². The lowest BCUT2D eigenvalue weighted by Gasteiger charge is -2.54. The van der Waals surface area contributed by atoms with E-state index >= 15 is 0 Å². The fourth-order valence-corrected chi connectivity index (χ4v) is 3.92. The quantitative estimate of drug-likeness (QED) is 0.786. The van der Waals surface area contributed by atoms with E-state index in [1.807, 2.05) is 17.0 Å². The SMILES string of the molecule is CCCCOC(=O)N1CCC2(CC1)CN(c1ncnc3ncccc13)C2. The Bertz CT molecular complexity index is 775. The summed E-state index contributed by atoms with van der Waals surface area (Å²) >= 11 is 0. The van der Waals surface area contributed by atoms with Crippen LogP contribution in [0.1, 0.15) is 32.6 Å². The smallest absolute Gasteiger partial charge is 0.409 e. The molecule has 0 bridgehead atoms. The van der Waals surface area contributed by atoms with Crippen molar-refractivity contribution >= 4 is 22.9 Å². The second-order valence-electron chi connectivity index (χ2n) is 7.38. The van der Waals surface area contributed by atoms with E-state index in [2.05, 4.69) is 26.8 Å². The lowest BCUT2D eigenvalue weighted by Crippen LogP contribution is -2.61. The van der Waals surface area contributed by atoms with E-state index in [0.29, 0.717) is 12.0 Å². The minimum absolute atomic E-state index is 0.155. The number of carbonyl (C=O) groups is 1. The first-order valence-corrected chi connectivity index (χ1v) is 9.43. The number of likely N-dealkylation sites (tertiary alicyclic amines) is 1. The molecule has 2 aromatic heterocycles. The monoisotopic (exact) mass is 355 g/mol. The summed E-state index contributed by atoms with van der Waals surface area (Å²) in [4.78, 5) is 29.3. The van der Waals surface area contributed by atoms with Gasteiger partial charge in [-0.2, -0.15) is 0 Å². The third kappa shape index (κ3) is 3.18. The summed E-state index contributed by atoms with van der Waals surface area (Å²) in [6.45, 7) is 6.15. The number of hydrogen-bond acceptors (Lipinski definition) is 6. The molecule has 26 heavy (non-hydrogen) atoms. The zero-order chi connectivity index (χ0) is 18.0. The zero-order valence-corrected chi connectivity index (χ0v) is 15.2. The van der Waals surface area contributed by atoms with E-state index in [-0.39, 0.29) is 6.09 Å². The summed E-state index contributed by atoms with van der Waals surface area (Å²) in [6.07, 6.45) is 7.20. The second-order valence-corrected chi connectivity index (χ2v) is 7.38. The highest BCUT2D eigenvalue weighted by Crippen LogP contribution is 2.43. The van der Waals surface area contributed by atoms with Crippen molar-refractivity contribution in [2.45, 2.75) is 32.6 Å². The highest BCUT2D eigenvalue weighted by atomic mass is 16.6. The highest BCUT2D eigenvalue weighted by Gasteiger charge is 2.46. The maximum Gasteiger partial charge on any atom is 0.409 e. The molecule has 7 heteroatoms. The van der Waals surface area contributed by atoms with E-state index in [4.69, 9.17) is 4.74 Å². The normalized spacial score (nSPS) is 18.8. The Labute approximate surface area is 153 Å². The standard InChI is InChI=1S/C19H25N5O2/c1-2-3-11-26-18(25)23-9-6-19(7-10-23)12-24(13-19)17-15-5-4-8-20-16(15)21-14-22-17/h4-5,8,14H,2-3,6-7,9-13H2,1H3. The van der Waals surface area contributed by atoms with Crippen LogP contribution in [0.25, 0.3) is 11.0 Å². The van der Waals surface area contributed by atoms with Gasteiger partial charge in [0.25, 0.3) is 0 Å². The van der Waals surface area contributed by atoms with Gasteiger partial charge in [-0.1, -0.05) is 13.3 Å².